The second kappa shape index (κ2) is 10.4. The van der Waals surface area contributed by atoms with Gasteiger partial charge in [0.15, 0.2) is 5.78 Å². The predicted octanol–water partition coefficient (Wildman–Crippen LogP) is 2.23. The number of esters is 1. The zero-order valence-corrected chi connectivity index (χ0v) is 27.0. The molecule has 5 aliphatic carbocycles. The molecule has 2 saturated heterocycles. The minimum Gasteiger partial charge on any atom is -0.461 e. The van der Waals surface area contributed by atoms with Crippen molar-refractivity contribution >= 4 is 29.3 Å². The number of hydrogen-bond donors (Lipinski definition) is 1. The Labute approximate surface area is 268 Å². The molecule has 0 radical (unpaired) electrons. The first-order valence-corrected chi connectivity index (χ1v) is 16.8. The molecule has 7 fully saturated rings. The van der Waals surface area contributed by atoms with Gasteiger partial charge in [-0.25, -0.2) is 9.69 Å². The molecule has 11 heteroatoms. The van der Waals surface area contributed by atoms with Crippen LogP contribution in [0.3, 0.4) is 0 Å². The van der Waals surface area contributed by atoms with Crippen LogP contribution >= 0.6 is 0 Å². The molecule has 0 unspecified atom stereocenters. The number of para-hydroxylation sites is 1. The number of methoxy groups -OCH3 is 3. The molecule has 8 rings (SSSR count). The van der Waals surface area contributed by atoms with Crippen molar-refractivity contribution in [3.8, 4) is 0 Å². The summed E-state index contributed by atoms with van der Waals surface area (Å²) in [5.41, 5.74) is -1.69. The Morgan fingerprint density at radius 1 is 1.04 bits per heavy atom. The molecule has 7 bridgehead atoms. The molecular formula is C35H44N2O9. The molecule has 248 valence electrons. The number of rotatable bonds is 8. The van der Waals surface area contributed by atoms with Crippen LogP contribution in [0.4, 0.5) is 5.69 Å². The van der Waals surface area contributed by atoms with Gasteiger partial charge in [-0.1, -0.05) is 19.1 Å². The van der Waals surface area contributed by atoms with Crippen LogP contribution in [0.1, 0.15) is 55.8 Å². The van der Waals surface area contributed by atoms with E-state index >= 15 is 0 Å². The van der Waals surface area contributed by atoms with E-state index in [4.69, 9.17) is 18.9 Å². The predicted molar refractivity (Wildman–Crippen MR) is 163 cm³/mol. The van der Waals surface area contributed by atoms with Crippen LogP contribution in [0.15, 0.2) is 24.3 Å². The van der Waals surface area contributed by atoms with E-state index in [2.05, 4.69) is 11.8 Å². The summed E-state index contributed by atoms with van der Waals surface area (Å²) in [5, 5.41) is 12.3. The number of aliphatic hydroxyl groups is 1. The van der Waals surface area contributed by atoms with Gasteiger partial charge >= 0.3 is 5.97 Å². The fourth-order valence-electron chi connectivity index (χ4n) is 12.6. The minimum absolute atomic E-state index is 0.0190. The molecule has 1 N–H and O–H groups in total. The van der Waals surface area contributed by atoms with Crippen molar-refractivity contribution in [2.75, 3.05) is 45.9 Å². The zero-order chi connectivity index (χ0) is 32.3. The van der Waals surface area contributed by atoms with Crippen LogP contribution < -0.4 is 4.90 Å². The van der Waals surface area contributed by atoms with E-state index in [1.54, 1.807) is 45.6 Å². The Morgan fingerprint density at radius 2 is 1.78 bits per heavy atom. The van der Waals surface area contributed by atoms with Gasteiger partial charge in [0.1, 0.15) is 6.10 Å². The fraction of sp³-hybridized carbons (Fsp3) is 0.714. The largest absolute Gasteiger partial charge is 0.461 e. The summed E-state index contributed by atoms with van der Waals surface area (Å²) in [5.74, 6) is -1.86. The third-order valence-corrected chi connectivity index (χ3v) is 13.7. The number of nitrogens with zero attached hydrogens (tertiary/aromatic N) is 2. The van der Waals surface area contributed by atoms with Gasteiger partial charge < -0.3 is 24.1 Å². The fourth-order valence-corrected chi connectivity index (χ4v) is 12.6. The Hall–Kier alpha value is -2.70. The normalized spacial score (nSPS) is 45.5. The number of carbonyl (C=O) groups is 4. The highest BCUT2D eigenvalue weighted by atomic mass is 16.5. The molecule has 11 nitrogen and oxygen atoms in total. The lowest BCUT2D eigenvalue weighted by molar-refractivity contribution is -0.272. The summed E-state index contributed by atoms with van der Waals surface area (Å²) in [7, 11) is 5.20. The Bertz CT molecular complexity index is 1480. The highest BCUT2D eigenvalue weighted by Gasteiger charge is 2.88. The standard InChI is InChI=1S/C35H44N2O9/c1-5-36-16-33(17-46-31(42)18-8-6-7-9-21(18)37-24(38)10-11-25(37)39)13-12-23(44-3)35-20-14-19-22(43-2)15-34(32(35)36,26(20)28(19)45-4)30(41)27(40)29(33)35/h6-9,19-20,22-23,26,28-30,32,41H,5,10-17H2,1-4H3/t19-,20-,22+,23+,26-,28+,29-,30+,32-,33+,34+,35+/m1/s1. The van der Waals surface area contributed by atoms with Crippen LogP contribution in [0, 0.1) is 39.9 Å². The molecule has 2 spiro atoms. The van der Waals surface area contributed by atoms with Crippen LogP contribution in [0.5, 0.6) is 0 Å². The van der Waals surface area contributed by atoms with Gasteiger partial charge in [-0.15, -0.1) is 0 Å². The first kappa shape index (κ1) is 30.6. The lowest BCUT2D eigenvalue weighted by atomic mass is 9.40. The number of carbonyl (C=O) groups excluding carboxylic acids is 4. The van der Waals surface area contributed by atoms with Gasteiger partial charge in [-0.05, 0) is 56.2 Å². The van der Waals surface area contributed by atoms with E-state index < -0.39 is 34.2 Å². The van der Waals surface area contributed by atoms with Crippen LogP contribution in [-0.2, 0) is 33.3 Å². The third kappa shape index (κ3) is 3.46. The summed E-state index contributed by atoms with van der Waals surface area (Å²) in [4.78, 5) is 57.4. The number of aliphatic hydroxyl groups excluding tert-OH is 1. The molecule has 12 atom stereocenters. The molecule has 2 aliphatic heterocycles. The quantitative estimate of drug-likeness (QED) is 0.335. The summed E-state index contributed by atoms with van der Waals surface area (Å²) < 4.78 is 24.8. The maximum atomic E-state index is 14.9. The second-order valence-corrected chi connectivity index (χ2v) is 14.9. The van der Waals surface area contributed by atoms with Gasteiger partial charge in [0.05, 0.1) is 36.2 Å². The van der Waals surface area contributed by atoms with Gasteiger partial charge in [-0.3, -0.25) is 19.3 Å². The summed E-state index contributed by atoms with van der Waals surface area (Å²) >= 11 is 0. The molecule has 7 aliphatic rings. The number of ketones is 1. The summed E-state index contributed by atoms with van der Waals surface area (Å²) in [6, 6.07) is 6.41. The van der Waals surface area contributed by atoms with Crippen LogP contribution in [-0.4, -0.2) is 105 Å². The molecule has 0 aromatic heterocycles. The average Bonchev–Trinajstić information content (AvgIpc) is 3.64. The molecule has 5 saturated carbocycles. The Kier molecular flexibility index (Phi) is 6.92. The van der Waals surface area contributed by atoms with Crippen molar-refractivity contribution in [2.24, 2.45) is 39.9 Å². The van der Waals surface area contributed by atoms with E-state index in [0.29, 0.717) is 32.4 Å². The van der Waals surface area contributed by atoms with E-state index in [0.717, 1.165) is 11.3 Å². The first-order chi connectivity index (χ1) is 22.2. The van der Waals surface area contributed by atoms with Crippen molar-refractivity contribution in [1.29, 1.82) is 0 Å². The minimum atomic E-state index is -1.20. The topological polar surface area (TPSA) is 132 Å². The monoisotopic (exact) mass is 636 g/mol. The number of likely N-dealkylation sites (tertiary alicyclic amines) is 1. The Morgan fingerprint density at radius 3 is 2.46 bits per heavy atom. The second-order valence-electron chi connectivity index (χ2n) is 14.9. The van der Waals surface area contributed by atoms with E-state index in [1.165, 1.54) is 0 Å². The first-order valence-electron chi connectivity index (χ1n) is 16.8. The maximum Gasteiger partial charge on any atom is 0.340 e. The summed E-state index contributed by atoms with van der Waals surface area (Å²) in [6.07, 6.45) is 1.29. The van der Waals surface area contributed by atoms with Crippen molar-refractivity contribution in [3.05, 3.63) is 29.8 Å². The van der Waals surface area contributed by atoms with Crippen molar-refractivity contribution in [3.63, 3.8) is 0 Å². The molecular weight excluding hydrogens is 592 g/mol. The number of imide groups is 1. The number of piperidine rings is 1. The lowest BCUT2D eigenvalue weighted by Crippen LogP contribution is -2.81. The number of amides is 2. The van der Waals surface area contributed by atoms with Gasteiger partial charge in [-0.2, -0.15) is 0 Å². The van der Waals surface area contributed by atoms with Crippen molar-refractivity contribution < 1.29 is 43.2 Å². The molecule has 1 aromatic carbocycles. The lowest BCUT2D eigenvalue weighted by Gasteiger charge is -2.71. The third-order valence-electron chi connectivity index (χ3n) is 13.7. The number of benzene rings is 1. The average molecular weight is 637 g/mol. The number of ether oxygens (including phenoxy) is 4. The smallest absolute Gasteiger partial charge is 0.340 e. The van der Waals surface area contributed by atoms with E-state index in [-0.39, 0.29) is 90.4 Å². The van der Waals surface area contributed by atoms with Crippen molar-refractivity contribution in [2.45, 2.75) is 75.9 Å². The molecule has 2 heterocycles. The van der Waals surface area contributed by atoms with E-state index in [1.807, 2.05) is 0 Å². The highest BCUT2D eigenvalue weighted by molar-refractivity contribution is 6.21. The van der Waals surface area contributed by atoms with Gasteiger partial charge in [0.2, 0.25) is 11.8 Å². The zero-order valence-electron chi connectivity index (χ0n) is 27.0. The van der Waals surface area contributed by atoms with Crippen LogP contribution in [0.2, 0.25) is 0 Å². The SMILES string of the molecule is CCN1C[C@]2(COC(=O)c3ccccc3N3C(=O)CCC3=O)CC[C@H](OC)[C@]34[C@@H]5C[C@H]6[C@H](OC)[C@@H]5[C@](C[C@@H]6OC)([C@@H]13)[C@@H](O)C(=O)[C@H]24. The highest BCUT2D eigenvalue weighted by Crippen LogP contribution is 2.81. The number of fused-ring (bicyclic) bond motifs is 1. The number of anilines is 1. The number of Topliss-reactive ketones (excluding diaryl/α,β-unsaturated/α-hetero) is 1. The van der Waals surface area contributed by atoms with Crippen molar-refractivity contribution in [1.82, 2.24) is 4.90 Å². The van der Waals surface area contributed by atoms with Gasteiger partial charge in [0, 0.05) is 74.8 Å². The van der Waals surface area contributed by atoms with Crippen LogP contribution in [0.25, 0.3) is 0 Å². The van der Waals surface area contributed by atoms with Gasteiger partial charge in [0.25, 0.3) is 0 Å². The van der Waals surface area contributed by atoms with E-state index in [9.17, 15) is 24.3 Å². The Balaban J connectivity index is 1.21. The molecule has 2 amide bonds. The number of hydrogen-bond acceptors (Lipinski definition) is 10. The summed E-state index contributed by atoms with van der Waals surface area (Å²) in [6.45, 7) is 3.35. The molecule has 1 aromatic rings. The molecule has 46 heavy (non-hydrogen) atoms. The maximum absolute atomic E-state index is 14.9.